The van der Waals surface area contributed by atoms with Crippen LogP contribution in [0.4, 0.5) is 5.69 Å². The Morgan fingerprint density at radius 2 is 1.81 bits per heavy atom. The molecule has 0 heterocycles. The van der Waals surface area contributed by atoms with Crippen LogP contribution >= 0.6 is 0 Å². The van der Waals surface area contributed by atoms with Gasteiger partial charge in [-0.15, -0.1) is 0 Å². The molecule has 0 aliphatic carbocycles. The summed E-state index contributed by atoms with van der Waals surface area (Å²) in [5.41, 5.74) is 1.74. The van der Waals surface area contributed by atoms with Gasteiger partial charge < -0.3 is 10.2 Å². The second-order valence-electron chi connectivity index (χ2n) is 8.74. The first-order chi connectivity index (χ1) is 14.5. The number of nitrogens with one attached hydrogen (secondary N) is 1. The number of para-hydroxylation sites is 1. The minimum atomic E-state index is -0.685. The van der Waals surface area contributed by atoms with Crippen LogP contribution in [0, 0.1) is 17.0 Å². The van der Waals surface area contributed by atoms with Gasteiger partial charge >= 0.3 is 0 Å². The number of rotatable bonds is 8. The lowest BCUT2D eigenvalue weighted by molar-refractivity contribution is -0.385. The van der Waals surface area contributed by atoms with Crippen molar-refractivity contribution >= 4 is 17.5 Å². The van der Waals surface area contributed by atoms with Gasteiger partial charge in [0, 0.05) is 23.7 Å². The van der Waals surface area contributed by atoms with Gasteiger partial charge in [-0.1, -0.05) is 55.0 Å². The fraction of sp³-hybridized carbons (Fsp3) is 0.417. The van der Waals surface area contributed by atoms with E-state index in [9.17, 15) is 19.7 Å². The summed E-state index contributed by atoms with van der Waals surface area (Å²) in [6.45, 7) is 9.73. The molecule has 2 aromatic carbocycles. The predicted molar refractivity (Wildman–Crippen MR) is 121 cm³/mol. The van der Waals surface area contributed by atoms with E-state index in [0.29, 0.717) is 12.0 Å². The zero-order valence-corrected chi connectivity index (χ0v) is 18.8. The molecule has 0 aromatic heterocycles. The van der Waals surface area contributed by atoms with E-state index >= 15 is 0 Å². The third-order valence-electron chi connectivity index (χ3n) is 4.85. The molecule has 2 rings (SSSR count). The molecule has 0 spiro atoms. The van der Waals surface area contributed by atoms with Crippen molar-refractivity contribution in [3.8, 4) is 0 Å². The first-order valence-corrected chi connectivity index (χ1v) is 10.4. The molecular formula is C24H31N3O4. The monoisotopic (exact) mass is 425 g/mol. The van der Waals surface area contributed by atoms with E-state index in [2.05, 4.69) is 5.32 Å². The van der Waals surface area contributed by atoms with Crippen molar-refractivity contribution in [1.82, 2.24) is 10.2 Å². The van der Waals surface area contributed by atoms with Gasteiger partial charge in [0.25, 0.3) is 5.69 Å². The van der Waals surface area contributed by atoms with Gasteiger partial charge in [0.1, 0.15) is 6.04 Å². The lowest BCUT2D eigenvalue weighted by atomic mass is 10.0. The summed E-state index contributed by atoms with van der Waals surface area (Å²) >= 11 is 0. The summed E-state index contributed by atoms with van der Waals surface area (Å²) < 4.78 is 0. The molecule has 0 aliphatic rings. The van der Waals surface area contributed by atoms with Gasteiger partial charge in [-0.25, -0.2) is 0 Å². The molecule has 0 saturated heterocycles. The first-order valence-electron chi connectivity index (χ1n) is 10.4. The van der Waals surface area contributed by atoms with E-state index in [4.69, 9.17) is 0 Å². The Hall–Kier alpha value is -3.22. The quantitative estimate of drug-likeness (QED) is 0.507. The van der Waals surface area contributed by atoms with Gasteiger partial charge in [-0.05, 0) is 39.7 Å². The Balaban J connectivity index is 2.39. The summed E-state index contributed by atoms with van der Waals surface area (Å²) in [6.07, 6.45) is 0.276. The molecule has 2 amide bonds. The minimum Gasteiger partial charge on any atom is -0.350 e. The van der Waals surface area contributed by atoms with Gasteiger partial charge in [0.05, 0.1) is 11.3 Å². The standard InChI is InChI=1S/C24H31N3O4/c1-6-20(23(29)25-24(3,4)5)26(16-18-11-9-10-17(2)14-18)22(28)15-19-12-7-8-13-21(19)27(30)31/h7-14,20H,6,15-16H2,1-5H3,(H,25,29). The van der Waals surface area contributed by atoms with Crippen LogP contribution in [-0.2, 0) is 22.6 Å². The van der Waals surface area contributed by atoms with Crippen molar-refractivity contribution < 1.29 is 14.5 Å². The van der Waals surface area contributed by atoms with Crippen molar-refractivity contribution in [2.24, 2.45) is 0 Å². The highest BCUT2D eigenvalue weighted by Gasteiger charge is 2.31. The number of carbonyl (C=O) groups is 2. The number of carbonyl (C=O) groups excluding carboxylic acids is 2. The number of amides is 2. The lowest BCUT2D eigenvalue weighted by Crippen LogP contribution is -2.53. The molecule has 0 radical (unpaired) electrons. The van der Waals surface area contributed by atoms with E-state index in [1.807, 2.05) is 58.9 Å². The van der Waals surface area contributed by atoms with Crippen LogP contribution in [-0.4, -0.2) is 33.2 Å². The van der Waals surface area contributed by atoms with E-state index in [1.165, 1.54) is 11.0 Å². The zero-order valence-electron chi connectivity index (χ0n) is 18.8. The van der Waals surface area contributed by atoms with E-state index in [-0.39, 0.29) is 30.5 Å². The van der Waals surface area contributed by atoms with E-state index < -0.39 is 16.5 Å². The van der Waals surface area contributed by atoms with Crippen LogP contribution in [0.2, 0.25) is 0 Å². The number of nitro benzene ring substituents is 1. The maximum Gasteiger partial charge on any atom is 0.273 e. The third-order valence-corrected chi connectivity index (χ3v) is 4.85. The average Bonchev–Trinajstić information content (AvgIpc) is 2.66. The average molecular weight is 426 g/mol. The Morgan fingerprint density at radius 1 is 1.13 bits per heavy atom. The van der Waals surface area contributed by atoms with E-state index in [0.717, 1.165) is 11.1 Å². The summed E-state index contributed by atoms with van der Waals surface area (Å²) in [4.78, 5) is 38.8. The topological polar surface area (TPSA) is 92.6 Å². The van der Waals surface area contributed by atoms with Gasteiger partial charge in [0.15, 0.2) is 0 Å². The smallest absolute Gasteiger partial charge is 0.273 e. The molecule has 1 unspecified atom stereocenters. The second-order valence-corrected chi connectivity index (χ2v) is 8.74. The molecule has 166 valence electrons. The zero-order chi connectivity index (χ0) is 23.2. The van der Waals surface area contributed by atoms with Crippen LogP contribution in [0.15, 0.2) is 48.5 Å². The molecule has 1 N–H and O–H groups in total. The van der Waals surface area contributed by atoms with Crippen LogP contribution in [0.1, 0.15) is 50.8 Å². The molecule has 7 nitrogen and oxygen atoms in total. The summed E-state index contributed by atoms with van der Waals surface area (Å²) in [6, 6.07) is 13.3. The molecule has 0 bridgehead atoms. The van der Waals surface area contributed by atoms with Crippen molar-refractivity contribution in [3.63, 3.8) is 0 Å². The normalized spacial score (nSPS) is 12.2. The summed E-state index contributed by atoms with van der Waals surface area (Å²) in [7, 11) is 0. The summed E-state index contributed by atoms with van der Waals surface area (Å²) in [5.74, 6) is -0.565. The Kier molecular flexibility index (Phi) is 7.91. The SMILES string of the molecule is CCC(C(=O)NC(C)(C)C)N(Cc1cccc(C)c1)C(=O)Cc1ccccc1[N+](=O)[O-]. The molecule has 2 aromatic rings. The van der Waals surface area contributed by atoms with Crippen LogP contribution in [0.25, 0.3) is 0 Å². The Morgan fingerprint density at radius 3 is 2.39 bits per heavy atom. The Bertz CT molecular complexity index is 950. The fourth-order valence-electron chi connectivity index (χ4n) is 3.48. The number of aryl methyl sites for hydroxylation is 1. The van der Waals surface area contributed by atoms with Crippen molar-refractivity contribution in [1.29, 1.82) is 0 Å². The third kappa shape index (κ3) is 6.91. The largest absolute Gasteiger partial charge is 0.350 e. The van der Waals surface area contributed by atoms with Gasteiger partial charge in [0.2, 0.25) is 11.8 Å². The lowest BCUT2D eigenvalue weighted by Gasteiger charge is -2.33. The van der Waals surface area contributed by atoms with Crippen LogP contribution in [0.5, 0.6) is 0 Å². The van der Waals surface area contributed by atoms with Crippen molar-refractivity contribution in [3.05, 3.63) is 75.3 Å². The molecule has 7 heteroatoms. The number of nitro groups is 1. The molecule has 1 atom stereocenters. The van der Waals surface area contributed by atoms with Crippen LogP contribution < -0.4 is 5.32 Å². The highest BCUT2D eigenvalue weighted by molar-refractivity contribution is 5.89. The molecule has 0 saturated carbocycles. The molecule has 0 aliphatic heterocycles. The maximum absolute atomic E-state index is 13.4. The molecule has 31 heavy (non-hydrogen) atoms. The Labute approximate surface area is 183 Å². The van der Waals surface area contributed by atoms with Crippen LogP contribution in [0.3, 0.4) is 0 Å². The second kappa shape index (κ2) is 10.2. The highest BCUT2D eigenvalue weighted by Crippen LogP contribution is 2.21. The van der Waals surface area contributed by atoms with Crippen molar-refractivity contribution in [2.75, 3.05) is 0 Å². The summed E-state index contributed by atoms with van der Waals surface area (Å²) in [5, 5.41) is 14.3. The number of hydrogen-bond donors (Lipinski definition) is 1. The highest BCUT2D eigenvalue weighted by atomic mass is 16.6. The molecule has 0 fully saturated rings. The number of hydrogen-bond acceptors (Lipinski definition) is 4. The van der Waals surface area contributed by atoms with E-state index in [1.54, 1.807) is 18.2 Å². The van der Waals surface area contributed by atoms with Gasteiger partial charge in [-0.2, -0.15) is 0 Å². The maximum atomic E-state index is 13.4. The van der Waals surface area contributed by atoms with Gasteiger partial charge in [-0.3, -0.25) is 19.7 Å². The van der Waals surface area contributed by atoms with Crippen molar-refractivity contribution in [2.45, 2.75) is 65.6 Å². The first kappa shape index (κ1) is 24.1. The fourth-order valence-corrected chi connectivity index (χ4v) is 3.48. The number of benzene rings is 2. The predicted octanol–water partition coefficient (Wildman–Crippen LogP) is 4.17. The minimum absolute atomic E-state index is 0.0986. The molecular weight excluding hydrogens is 394 g/mol. The number of nitrogens with zero attached hydrogens (tertiary/aromatic N) is 2.